The van der Waals surface area contributed by atoms with Gasteiger partial charge in [0.2, 0.25) is 0 Å². The van der Waals surface area contributed by atoms with E-state index in [9.17, 15) is 0 Å². The van der Waals surface area contributed by atoms with Gasteiger partial charge in [0.15, 0.2) is 0 Å². The lowest BCUT2D eigenvalue weighted by atomic mass is 9.98. The van der Waals surface area contributed by atoms with Gasteiger partial charge in [0, 0.05) is 23.0 Å². The van der Waals surface area contributed by atoms with Crippen LogP contribution in [0.5, 0.6) is 0 Å². The van der Waals surface area contributed by atoms with E-state index in [1.54, 1.807) is 12.4 Å². The summed E-state index contributed by atoms with van der Waals surface area (Å²) in [5, 5.41) is 0.675. The van der Waals surface area contributed by atoms with Crippen LogP contribution in [0.3, 0.4) is 0 Å². The van der Waals surface area contributed by atoms with Gasteiger partial charge in [0.05, 0.1) is 17.1 Å². The Bertz CT molecular complexity index is 739. The largest absolute Gasteiger partial charge is 0.271 e. The number of nitrogens with zero attached hydrogens (tertiary/aromatic N) is 2. The van der Waals surface area contributed by atoms with Gasteiger partial charge < -0.3 is 0 Å². The number of rotatable bonds is 3. The van der Waals surface area contributed by atoms with Crippen LogP contribution in [0.4, 0.5) is 0 Å². The van der Waals surface area contributed by atoms with Gasteiger partial charge in [-0.05, 0) is 23.8 Å². The van der Waals surface area contributed by atoms with Gasteiger partial charge in [-0.3, -0.25) is 15.8 Å². The molecule has 0 bridgehead atoms. The fourth-order valence-electron chi connectivity index (χ4n) is 2.30. The fourth-order valence-corrected chi connectivity index (χ4v) is 2.50. The molecular weight excluding hydrogens is 272 g/mol. The molecule has 3 aromatic rings. The van der Waals surface area contributed by atoms with E-state index in [-0.39, 0.29) is 6.04 Å². The molecule has 0 aliphatic heterocycles. The Morgan fingerprint density at radius 2 is 1.85 bits per heavy atom. The molecule has 1 heterocycles. The lowest BCUT2D eigenvalue weighted by molar-refractivity contribution is 0.640. The van der Waals surface area contributed by atoms with E-state index < -0.39 is 0 Å². The number of benzene rings is 2. The average Bonchev–Trinajstić information content (AvgIpc) is 2.48. The van der Waals surface area contributed by atoms with Crippen LogP contribution in [0.15, 0.2) is 54.9 Å². The third-order valence-corrected chi connectivity index (χ3v) is 3.42. The maximum absolute atomic E-state index is 6.06. The number of aromatic nitrogens is 2. The third kappa shape index (κ3) is 2.36. The number of hydrogen-bond donors (Lipinski definition) is 2. The topological polar surface area (TPSA) is 63.8 Å². The predicted molar refractivity (Wildman–Crippen MR) is 80.2 cm³/mol. The highest BCUT2D eigenvalue weighted by atomic mass is 35.5. The summed E-state index contributed by atoms with van der Waals surface area (Å²) in [7, 11) is 0. The van der Waals surface area contributed by atoms with Crippen molar-refractivity contribution in [2.75, 3.05) is 0 Å². The Balaban J connectivity index is 2.17. The van der Waals surface area contributed by atoms with Crippen molar-refractivity contribution >= 4 is 22.6 Å². The third-order valence-electron chi connectivity index (χ3n) is 3.19. The standard InChI is InChI=1S/C15H13ClN4/c16-11-4-1-3-10(9-11)14(20-17)12-5-2-6-13-15(12)19-8-7-18-13/h1-9,14,20H,17H2. The van der Waals surface area contributed by atoms with Crippen molar-refractivity contribution in [2.45, 2.75) is 6.04 Å². The molecule has 0 saturated heterocycles. The van der Waals surface area contributed by atoms with Crippen molar-refractivity contribution in [3.05, 3.63) is 71.0 Å². The summed E-state index contributed by atoms with van der Waals surface area (Å²) in [5.41, 5.74) is 6.46. The van der Waals surface area contributed by atoms with Gasteiger partial charge in [-0.25, -0.2) is 5.43 Å². The molecule has 3 rings (SSSR count). The van der Waals surface area contributed by atoms with E-state index >= 15 is 0 Å². The van der Waals surface area contributed by atoms with Crippen molar-refractivity contribution in [1.29, 1.82) is 0 Å². The molecule has 100 valence electrons. The number of nitrogens with two attached hydrogens (primary N) is 1. The van der Waals surface area contributed by atoms with E-state index in [0.29, 0.717) is 5.02 Å². The smallest absolute Gasteiger partial charge is 0.0938 e. The molecule has 2 aromatic carbocycles. The summed E-state index contributed by atoms with van der Waals surface area (Å²) < 4.78 is 0. The minimum absolute atomic E-state index is 0.186. The molecule has 0 saturated carbocycles. The molecule has 1 aromatic heterocycles. The van der Waals surface area contributed by atoms with E-state index in [2.05, 4.69) is 15.4 Å². The molecule has 5 heteroatoms. The zero-order chi connectivity index (χ0) is 13.9. The van der Waals surface area contributed by atoms with Crippen LogP contribution in [0.1, 0.15) is 17.2 Å². The monoisotopic (exact) mass is 284 g/mol. The molecule has 1 atom stereocenters. The number of halogens is 1. The first-order valence-corrected chi connectivity index (χ1v) is 6.58. The number of fused-ring (bicyclic) bond motifs is 1. The molecule has 0 aliphatic carbocycles. The molecule has 0 radical (unpaired) electrons. The Hall–Kier alpha value is -2.01. The quantitative estimate of drug-likeness (QED) is 0.573. The van der Waals surface area contributed by atoms with E-state index in [4.69, 9.17) is 17.4 Å². The lowest BCUT2D eigenvalue weighted by Gasteiger charge is -2.18. The van der Waals surface area contributed by atoms with Crippen LogP contribution >= 0.6 is 11.6 Å². The highest BCUT2D eigenvalue weighted by Crippen LogP contribution is 2.27. The van der Waals surface area contributed by atoms with Crippen molar-refractivity contribution in [1.82, 2.24) is 15.4 Å². The number of hydrogen-bond acceptors (Lipinski definition) is 4. The first-order valence-electron chi connectivity index (χ1n) is 6.21. The second-order valence-corrected chi connectivity index (χ2v) is 4.86. The normalized spacial score (nSPS) is 12.5. The molecule has 20 heavy (non-hydrogen) atoms. The van der Waals surface area contributed by atoms with Crippen molar-refractivity contribution < 1.29 is 0 Å². The molecule has 4 nitrogen and oxygen atoms in total. The van der Waals surface area contributed by atoms with E-state index in [1.807, 2.05) is 42.5 Å². The SMILES string of the molecule is NNC(c1cccc(Cl)c1)c1cccc2nccnc12. The first-order chi connectivity index (χ1) is 9.79. The van der Waals surface area contributed by atoms with Crippen LogP contribution in [0.2, 0.25) is 5.02 Å². The Morgan fingerprint density at radius 3 is 2.65 bits per heavy atom. The summed E-state index contributed by atoms with van der Waals surface area (Å²) >= 11 is 6.06. The van der Waals surface area contributed by atoms with Crippen LogP contribution in [-0.2, 0) is 0 Å². The van der Waals surface area contributed by atoms with Crippen LogP contribution in [-0.4, -0.2) is 9.97 Å². The maximum Gasteiger partial charge on any atom is 0.0938 e. The zero-order valence-electron chi connectivity index (χ0n) is 10.6. The van der Waals surface area contributed by atoms with E-state index in [1.165, 1.54) is 0 Å². The van der Waals surface area contributed by atoms with Crippen LogP contribution in [0, 0.1) is 0 Å². The number of hydrazine groups is 1. The van der Waals surface area contributed by atoms with Gasteiger partial charge in [0.1, 0.15) is 0 Å². The molecule has 0 spiro atoms. The molecular formula is C15H13ClN4. The average molecular weight is 285 g/mol. The molecule has 1 unspecified atom stereocenters. The Labute approximate surface area is 121 Å². The highest BCUT2D eigenvalue weighted by Gasteiger charge is 2.16. The second-order valence-electron chi connectivity index (χ2n) is 4.43. The summed E-state index contributed by atoms with van der Waals surface area (Å²) in [6.45, 7) is 0. The maximum atomic E-state index is 6.06. The zero-order valence-corrected chi connectivity index (χ0v) is 11.4. The first kappa shape index (κ1) is 13.0. The van der Waals surface area contributed by atoms with Crippen LogP contribution in [0.25, 0.3) is 11.0 Å². The van der Waals surface area contributed by atoms with Gasteiger partial charge in [-0.2, -0.15) is 0 Å². The number of nitrogens with one attached hydrogen (secondary N) is 1. The summed E-state index contributed by atoms with van der Waals surface area (Å²) in [6, 6.07) is 13.3. The van der Waals surface area contributed by atoms with Gasteiger partial charge in [-0.15, -0.1) is 0 Å². The van der Waals surface area contributed by atoms with Crippen molar-refractivity contribution in [3.8, 4) is 0 Å². The second kappa shape index (κ2) is 5.54. The Kier molecular flexibility index (Phi) is 3.60. The summed E-state index contributed by atoms with van der Waals surface area (Å²) in [4.78, 5) is 8.72. The molecule has 3 N–H and O–H groups in total. The molecule has 0 amide bonds. The Morgan fingerprint density at radius 1 is 1.05 bits per heavy atom. The fraction of sp³-hybridized carbons (Fsp3) is 0.0667. The summed E-state index contributed by atoms with van der Waals surface area (Å²) in [5.74, 6) is 5.74. The van der Waals surface area contributed by atoms with E-state index in [0.717, 1.165) is 22.2 Å². The van der Waals surface area contributed by atoms with Gasteiger partial charge in [-0.1, -0.05) is 35.9 Å². The summed E-state index contributed by atoms with van der Waals surface area (Å²) in [6.07, 6.45) is 3.35. The van der Waals surface area contributed by atoms with Gasteiger partial charge >= 0.3 is 0 Å². The van der Waals surface area contributed by atoms with Gasteiger partial charge in [0.25, 0.3) is 0 Å². The highest BCUT2D eigenvalue weighted by molar-refractivity contribution is 6.30. The minimum Gasteiger partial charge on any atom is -0.271 e. The van der Waals surface area contributed by atoms with Crippen molar-refractivity contribution in [3.63, 3.8) is 0 Å². The molecule has 0 fully saturated rings. The lowest BCUT2D eigenvalue weighted by Crippen LogP contribution is -2.29. The van der Waals surface area contributed by atoms with Crippen molar-refractivity contribution in [2.24, 2.45) is 5.84 Å². The van der Waals surface area contributed by atoms with Crippen LogP contribution < -0.4 is 11.3 Å². The molecule has 0 aliphatic rings. The number of para-hydroxylation sites is 1. The predicted octanol–water partition coefficient (Wildman–Crippen LogP) is 2.84. The minimum atomic E-state index is -0.186.